The number of phenolic OH excluding ortho intramolecular Hbond substituents is 2. The van der Waals surface area contributed by atoms with Gasteiger partial charge in [0.05, 0.1) is 6.61 Å². The summed E-state index contributed by atoms with van der Waals surface area (Å²) in [6.45, 7) is 0.0618. The van der Waals surface area contributed by atoms with Crippen molar-refractivity contribution in [3.05, 3.63) is 29.3 Å². The summed E-state index contributed by atoms with van der Waals surface area (Å²) >= 11 is 0. The van der Waals surface area contributed by atoms with Gasteiger partial charge in [-0.2, -0.15) is 0 Å². The van der Waals surface area contributed by atoms with Crippen molar-refractivity contribution in [3.63, 3.8) is 0 Å². The van der Waals surface area contributed by atoms with Crippen molar-refractivity contribution in [3.8, 4) is 11.5 Å². The minimum absolute atomic E-state index is 0.0618. The molecule has 0 spiro atoms. The van der Waals surface area contributed by atoms with Crippen molar-refractivity contribution in [2.45, 2.75) is 32.1 Å². The second-order valence-corrected chi connectivity index (χ2v) is 4.96. The monoisotopic (exact) mass is 248 g/mol. The highest BCUT2D eigenvalue weighted by atomic mass is 16.3. The Hall–Kier alpha value is -1.48. The van der Waals surface area contributed by atoms with E-state index in [2.05, 4.69) is 0 Å². The van der Waals surface area contributed by atoms with Crippen LogP contribution in [0, 0.1) is 5.92 Å². The van der Waals surface area contributed by atoms with Crippen molar-refractivity contribution in [1.29, 1.82) is 0 Å². The number of aliphatic hydroxyl groups excluding tert-OH is 1. The van der Waals surface area contributed by atoms with E-state index < -0.39 is 0 Å². The number of rotatable bonds is 3. The summed E-state index contributed by atoms with van der Waals surface area (Å²) in [6.07, 6.45) is 7.93. The first kappa shape index (κ1) is 13.0. The molecule has 1 aliphatic carbocycles. The summed E-state index contributed by atoms with van der Waals surface area (Å²) in [4.78, 5) is 0. The first-order valence-corrected chi connectivity index (χ1v) is 6.54. The molecule has 0 aliphatic heterocycles. The van der Waals surface area contributed by atoms with Gasteiger partial charge in [-0.1, -0.05) is 31.4 Å². The van der Waals surface area contributed by atoms with Gasteiger partial charge in [0.15, 0.2) is 11.5 Å². The molecule has 3 N–H and O–H groups in total. The Kier molecular flexibility index (Phi) is 4.26. The lowest BCUT2D eigenvalue weighted by Gasteiger charge is -2.23. The third-order valence-corrected chi connectivity index (χ3v) is 3.66. The molecule has 0 atom stereocenters. The largest absolute Gasteiger partial charge is 0.504 e. The molecule has 1 fully saturated rings. The van der Waals surface area contributed by atoms with Crippen LogP contribution in [0.5, 0.6) is 11.5 Å². The van der Waals surface area contributed by atoms with Crippen molar-refractivity contribution >= 4 is 6.08 Å². The zero-order valence-corrected chi connectivity index (χ0v) is 10.5. The summed E-state index contributed by atoms with van der Waals surface area (Å²) in [5.41, 5.74) is 1.85. The summed E-state index contributed by atoms with van der Waals surface area (Å²) in [6, 6.07) is 4.73. The van der Waals surface area contributed by atoms with Gasteiger partial charge in [0.25, 0.3) is 0 Å². The normalized spacial score (nSPS) is 17.9. The van der Waals surface area contributed by atoms with E-state index in [1.165, 1.54) is 31.4 Å². The highest BCUT2D eigenvalue weighted by molar-refractivity contribution is 5.58. The summed E-state index contributed by atoms with van der Waals surface area (Å²) < 4.78 is 0. The van der Waals surface area contributed by atoms with Crippen LogP contribution in [-0.4, -0.2) is 21.9 Å². The Labute approximate surface area is 107 Å². The molecule has 0 saturated heterocycles. The summed E-state index contributed by atoms with van der Waals surface area (Å²) in [7, 11) is 0. The van der Waals surface area contributed by atoms with E-state index in [1.54, 1.807) is 6.07 Å². The maximum Gasteiger partial charge on any atom is 0.157 e. The average Bonchev–Trinajstić information content (AvgIpc) is 2.41. The van der Waals surface area contributed by atoms with Gasteiger partial charge in [-0.25, -0.2) is 0 Å². The van der Waals surface area contributed by atoms with Gasteiger partial charge < -0.3 is 15.3 Å². The molecule has 18 heavy (non-hydrogen) atoms. The van der Waals surface area contributed by atoms with Crippen LogP contribution in [0.2, 0.25) is 0 Å². The van der Waals surface area contributed by atoms with Gasteiger partial charge in [0, 0.05) is 0 Å². The van der Waals surface area contributed by atoms with Crippen LogP contribution in [0.3, 0.4) is 0 Å². The van der Waals surface area contributed by atoms with E-state index in [0.717, 1.165) is 24.0 Å². The van der Waals surface area contributed by atoms with Crippen molar-refractivity contribution in [1.82, 2.24) is 0 Å². The van der Waals surface area contributed by atoms with E-state index in [-0.39, 0.29) is 18.1 Å². The maximum atomic E-state index is 9.48. The van der Waals surface area contributed by atoms with E-state index >= 15 is 0 Å². The van der Waals surface area contributed by atoms with Crippen LogP contribution in [0.1, 0.15) is 37.7 Å². The van der Waals surface area contributed by atoms with E-state index in [4.69, 9.17) is 0 Å². The topological polar surface area (TPSA) is 60.7 Å². The van der Waals surface area contributed by atoms with Gasteiger partial charge in [0.2, 0.25) is 0 Å². The predicted octanol–water partition coefficient (Wildman–Crippen LogP) is 3.05. The molecule has 0 bridgehead atoms. The summed E-state index contributed by atoms with van der Waals surface area (Å²) in [5, 5.41) is 28.2. The number of hydrogen-bond donors (Lipinski definition) is 3. The van der Waals surface area contributed by atoms with Crippen molar-refractivity contribution in [2.75, 3.05) is 6.61 Å². The molecule has 0 heterocycles. The van der Waals surface area contributed by atoms with Gasteiger partial charge in [-0.15, -0.1) is 0 Å². The molecule has 0 unspecified atom stereocenters. The standard InChI is InChI=1S/C15H20O3/c16-10-13(12-4-2-1-3-5-12)8-11-6-7-14(17)15(18)9-11/h6-9,12,16-18H,1-5,10H2. The zero-order chi connectivity index (χ0) is 13.0. The van der Waals surface area contributed by atoms with Gasteiger partial charge >= 0.3 is 0 Å². The van der Waals surface area contributed by atoms with Gasteiger partial charge in [0.1, 0.15) is 0 Å². The molecule has 2 rings (SSSR count). The first-order chi connectivity index (χ1) is 8.70. The lowest BCUT2D eigenvalue weighted by Crippen LogP contribution is -2.11. The quantitative estimate of drug-likeness (QED) is 0.720. The minimum Gasteiger partial charge on any atom is -0.504 e. The highest BCUT2D eigenvalue weighted by Gasteiger charge is 2.17. The number of hydrogen-bond acceptors (Lipinski definition) is 3. The lowest BCUT2D eigenvalue weighted by molar-refractivity contribution is 0.295. The third-order valence-electron chi connectivity index (χ3n) is 3.66. The third kappa shape index (κ3) is 3.05. The lowest BCUT2D eigenvalue weighted by atomic mass is 9.83. The van der Waals surface area contributed by atoms with Crippen LogP contribution in [0.15, 0.2) is 23.8 Å². The maximum absolute atomic E-state index is 9.48. The summed E-state index contributed by atoms with van der Waals surface area (Å²) in [5.74, 6) is 0.222. The Morgan fingerprint density at radius 2 is 1.83 bits per heavy atom. The van der Waals surface area contributed by atoms with Gasteiger partial charge in [-0.3, -0.25) is 0 Å². The Morgan fingerprint density at radius 3 is 2.44 bits per heavy atom. The Balaban J connectivity index is 2.19. The van der Waals surface area contributed by atoms with Crippen LogP contribution >= 0.6 is 0 Å². The van der Waals surface area contributed by atoms with Crippen molar-refractivity contribution < 1.29 is 15.3 Å². The van der Waals surface area contributed by atoms with Crippen molar-refractivity contribution in [2.24, 2.45) is 5.92 Å². The fourth-order valence-electron chi connectivity index (χ4n) is 2.61. The average molecular weight is 248 g/mol. The van der Waals surface area contributed by atoms with Crippen LogP contribution in [0.4, 0.5) is 0 Å². The molecular formula is C15H20O3. The first-order valence-electron chi connectivity index (χ1n) is 6.54. The number of benzene rings is 1. The van der Waals surface area contributed by atoms with Gasteiger partial charge in [-0.05, 0) is 42.0 Å². The predicted molar refractivity (Wildman–Crippen MR) is 71.4 cm³/mol. The fourth-order valence-corrected chi connectivity index (χ4v) is 2.61. The van der Waals surface area contributed by atoms with E-state index in [9.17, 15) is 15.3 Å². The molecule has 98 valence electrons. The minimum atomic E-state index is -0.121. The Bertz CT molecular complexity index is 431. The molecule has 1 aromatic rings. The molecule has 3 heteroatoms. The molecule has 0 amide bonds. The smallest absolute Gasteiger partial charge is 0.157 e. The Morgan fingerprint density at radius 1 is 1.11 bits per heavy atom. The molecule has 3 nitrogen and oxygen atoms in total. The molecule has 0 radical (unpaired) electrons. The van der Waals surface area contributed by atoms with E-state index in [0.29, 0.717) is 5.92 Å². The molecule has 1 aromatic carbocycles. The number of aliphatic hydroxyl groups is 1. The molecule has 1 saturated carbocycles. The van der Waals surface area contributed by atoms with E-state index in [1.807, 2.05) is 6.08 Å². The zero-order valence-electron chi connectivity index (χ0n) is 10.5. The fraction of sp³-hybridized carbons (Fsp3) is 0.467. The highest BCUT2D eigenvalue weighted by Crippen LogP contribution is 2.32. The van der Waals surface area contributed by atoms with Crippen LogP contribution in [-0.2, 0) is 0 Å². The second kappa shape index (κ2) is 5.91. The number of phenols is 2. The number of aromatic hydroxyl groups is 2. The molecular weight excluding hydrogens is 228 g/mol. The molecule has 1 aliphatic rings. The van der Waals surface area contributed by atoms with Crippen LogP contribution in [0.25, 0.3) is 6.08 Å². The molecule has 0 aromatic heterocycles. The SMILES string of the molecule is OCC(=Cc1ccc(O)c(O)c1)C1CCCCC1. The van der Waals surface area contributed by atoms with Crippen LogP contribution < -0.4 is 0 Å². The second-order valence-electron chi connectivity index (χ2n) is 4.96.